The number of carboxylic acid groups (broad SMARTS) is 1. The van der Waals surface area contributed by atoms with E-state index in [1.807, 2.05) is 19.9 Å². The highest BCUT2D eigenvalue weighted by Crippen LogP contribution is 2.43. The zero-order chi connectivity index (χ0) is 14.3. The van der Waals surface area contributed by atoms with Gasteiger partial charge in [-0.05, 0) is 31.0 Å². The molecule has 0 unspecified atom stereocenters. The van der Waals surface area contributed by atoms with E-state index in [4.69, 9.17) is 19.1 Å². The number of ether oxygens (including phenoxy) is 2. The van der Waals surface area contributed by atoms with Crippen LogP contribution in [0, 0.1) is 13.8 Å². The number of hydrogen-bond acceptors (Lipinski definition) is 5. The van der Waals surface area contributed by atoms with Gasteiger partial charge in [-0.25, -0.2) is 4.79 Å². The molecule has 2 heterocycles. The summed E-state index contributed by atoms with van der Waals surface area (Å²) in [5.74, 6) is 0.455. The Balaban J connectivity index is 2.20. The normalized spacial score (nSPS) is 13.3. The maximum atomic E-state index is 10.9. The van der Waals surface area contributed by atoms with Gasteiger partial charge in [0.25, 0.3) is 0 Å². The number of aryl methyl sites for hydroxylation is 1. The van der Waals surface area contributed by atoms with Crippen LogP contribution in [-0.2, 0) is 0 Å². The first-order chi connectivity index (χ1) is 9.58. The van der Waals surface area contributed by atoms with E-state index in [9.17, 15) is 4.79 Å². The van der Waals surface area contributed by atoms with Gasteiger partial charge < -0.3 is 19.1 Å². The van der Waals surface area contributed by atoms with Crippen LogP contribution in [0.3, 0.4) is 0 Å². The molecule has 2 aromatic rings. The van der Waals surface area contributed by atoms with Crippen LogP contribution in [0.15, 0.2) is 16.7 Å². The maximum Gasteiger partial charge on any atom is 0.358 e. The highest BCUT2D eigenvalue weighted by Gasteiger charge is 2.24. The summed E-state index contributed by atoms with van der Waals surface area (Å²) in [7, 11) is 0. The van der Waals surface area contributed by atoms with E-state index in [1.165, 1.54) is 6.07 Å². The highest BCUT2D eigenvalue weighted by molar-refractivity contribution is 5.87. The second kappa shape index (κ2) is 4.56. The molecule has 1 N–H and O–H groups in total. The second-order valence-electron chi connectivity index (χ2n) is 4.60. The summed E-state index contributed by atoms with van der Waals surface area (Å²) in [6.45, 7) is 4.81. The predicted octanol–water partition coefficient (Wildman–Crippen LogP) is 2.43. The fraction of sp³-hybridized carbons (Fsp3) is 0.286. The largest absolute Gasteiger partial charge is 0.486 e. The molecule has 6 heteroatoms. The Bertz CT molecular complexity index is 689. The van der Waals surface area contributed by atoms with Crippen LogP contribution in [0.2, 0.25) is 0 Å². The summed E-state index contributed by atoms with van der Waals surface area (Å²) < 4.78 is 16.4. The lowest BCUT2D eigenvalue weighted by Gasteiger charge is -2.22. The average molecular weight is 275 g/mol. The van der Waals surface area contributed by atoms with Gasteiger partial charge in [0.1, 0.15) is 13.2 Å². The van der Waals surface area contributed by atoms with Crippen LogP contribution in [0.25, 0.3) is 11.3 Å². The predicted molar refractivity (Wildman–Crippen MR) is 69.4 cm³/mol. The molecule has 0 saturated carbocycles. The summed E-state index contributed by atoms with van der Waals surface area (Å²) >= 11 is 0. The van der Waals surface area contributed by atoms with Crippen molar-refractivity contribution in [1.82, 2.24) is 5.16 Å². The van der Waals surface area contributed by atoms with E-state index >= 15 is 0 Å². The lowest BCUT2D eigenvalue weighted by molar-refractivity contribution is 0.0686. The first-order valence-corrected chi connectivity index (χ1v) is 6.18. The van der Waals surface area contributed by atoms with E-state index in [0.717, 1.165) is 11.1 Å². The van der Waals surface area contributed by atoms with Crippen molar-refractivity contribution in [2.45, 2.75) is 13.8 Å². The number of benzene rings is 1. The van der Waals surface area contributed by atoms with Crippen molar-refractivity contribution < 1.29 is 23.9 Å². The zero-order valence-corrected chi connectivity index (χ0v) is 11.1. The van der Waals surface area contributed by atoms with Crippen molar-refractivity contribution in [3.05, 3.63) is 29.0 Å². The summed E-state index contributed by atoms with van der Waals surface area (Å²) in [4.78, 5) is 10.9. The minimum Gasteiger partial charge on any atom is -0.486 e. The molecule has 1 aromatic heterocycles. The Morgan fingerprint density at radius 3 is 2.70 bits per heavy atom. The van der Waals surface area contributed by atoms with Gasteiger partial charge in [-0.2, -0.15) is 0 Å². The van der Waals surface area contributed by atoms with Gasteiger partial charge in [-0.15, -0.1) is 0 Å². The van der Waals surface area contributed by atoms with E-state index in [2.05, 4.69) is 5.16 Å². The SMILES string of the molecule is Cc1cc2c(c(-c3cc(C(=O)O)no3)c1C)OCCO2. The molecular formula is C14H13NO5. The topological polar surface area (TPSA) is 81.8 Å². The second-order valence-corrected chi connectivity index (χ2v) is 4.60. The standard InChI is InChI=1S/C14H13NO5/c1-7-5-11-13(19-4-3-18-11)12(8(7)2)10-6-9(14(16)17)15-20-10/h5-6H,3-4H2,1-2H3,(H,16,17). The Kier molecular flexibility index (Phi) is 2.85. The molecule has 0 atom stereocenters. The first-order valence-electron chi connectivity index (χ1n) is 6.18. The third kappa shape index (κ3) is 1.89. The van der Waals surface area contributed by atoms with Crippen LogP contribution in [0.4, 0.5) is 0 Å². The third-order valence-corrected chi connectivity index (χ3v) is 3.33. The Labute approximate surface area is 114 Å². The van der Waals surface area contributed by atoms with E-state index in [1.54, 1.807) is 0 Å². The van der Waals surface area contributed by atoms with Crippen LogP contribution in [-0.4, -0.2) is 29.4 Å². The fourth-order valence-electron chi connectivity index (χ4n) is 2.20. The van der Waals surface area contributed by atoms with Crippen molar-refractivity contribution in [3.8, 4) is 22.8 Å². The first kappa shape index (κ1) is 12.5. The lowest BCUT2D eigenvalue weighted by Crippen LogP contribution is -2.16. The minimum absolute atomic E-state index is 0.133. The van der Waals surface area contributed by atoms with Gasteiger partial charge in [0.15, 0.2) is 23.0 Å². The number of rotatable bonds is 2. The monoisotopic (exact) mass is 275 g/mol. The lowest BCUT2D eigenvalue weighted by atomic mass is 9.99. The molecule has 0 fully saturated rings. The van der Waals surface area contributed by atoms with Crippen LogP contribution >= 0.6 is 0 Å². The number of aromatic carboxylic acids is 1. The van der Waals surface area contributed by atoms with Crippen molar-refractivity contribution >= 4 is 5.97 Å². The van der Waals surface area contributed by atoms with Gasteiger partial charge in [-0.1, -0.05) is 5.16 Å². The number of aromatic nitrogens is 1. The maximum absolute atomic E-state index is 10.9. The number of carboxylic acids is 1. The number of nitrogens with zero attached hydrogens (tertiary/aromatic N) is 1. The Morgan fingerprint density at radius 2 is 2.00 bits per heavy atom. The summed E-state index contributed by atoms with van der Waals surface area (Å²) in [5.41, 5.74) is 2.52. The van der Waals surface area contributed by atoms with Crippen molar-refractivity contribution in [3.63, 3.8) is 0 Å². The molecule has 0 amide bonds. The molecule has 1 aromatic carbocycles. The molecule has 1 aliphatic heterocycles. The molecule has 0 spiro atoms. The molecule has 104 valence electrons. The molecular weight excluding hydrogens is 262 g/mol. The van der Waals surface area contributed by atoms with Gasteiger partial charge in [0.05, 0.1) is 5.56 Å². The van der Waals surface area contributed by atoms with E-state index in [0.29, 0.717) is 36.0 Å². The summed E-state index contributed by atoms with van der Waals surface area (Å²) in [5, 5.41) is 12.5. The van der Waals surface area contributed by atoms with Crippen LogP contribution < -0.4 is 9.47 Å². The van der Waals surface area contributed by atoms with Gasteiger partial charge in [-0.3, -0.25) is 0 Å². The van der Waals surface area contributed by atoms with Gasteiger partial charge >= 0.3 is 5.97 Å². The quantitative estimate of drug-likeness (QED) is 0.906. The molecule has 1 aliphatic rings. The highest BCUT2D eigenvalue weighted by atomic mass is 16.6. The number of fused-ring (bicyclic) bond motifs is 1. The molecule has 0 radical (unpaired) electrons. The Morgan fingerprint density at radius 1 is 1.25 bits per heavy atom. The molecule has 0 aliphatic carbocycles. The molecule has 0 saturated heterocycles. The fourth-order valence-corrected chi connectivity index (χ4v) is 2.20. The molecule has 6 nitrogen and oxygen atoms in total. The minimum atomic E-state index is -1.13. The average Bonchev–Trinajstić information content (AvgIpc) is 2.90. The van der Waals surface area contributed by atoms with Crippen molar-refractivity contribution in [1.29, 1.82) is 0 Å². The Hall–Kier alpha value is -2.50. The molecule has 20 heavy (non-hydrogen) atoms. The van der Waals surface area contributed by atoms with Gasteiger partial charge in [0, 0.05) is 6.07 Å². The summed E-state index contributed by atoms with van der Waals surface area (Å²) in [6, 6.07) is 3.30. The molecule has 0 bridgehead atoms. The van der Waals surface area contributed by atoms with Gasteiger partial charge in [0.2, 0.25) is 0 Å². The number of carbonyl (C=O) groups is 1. The van der Waals surface area contributed by atoms with E-state index in [-0.39, 0.29) is 5.69 Å². The number of hydrogen-bond donors (Lipinski definition) is 1. The third-order valence-electron chi connectivity index (χ3n) is 3.33. The van der Waals surface area contributed by atoms with Crippen molar-refractivity contribution in [2.75, 3.05) is 13.2 Å². The van der Waals surface area contributed by atoms with E-state index < -0.39 is 5.97 Å². The van der Waals surface area contributed by atoms with Crippen LogP contribution in [0.5, 0.6) is 11.5 Å². The molecule has 3 rings (SSSR count). The zero-order valence-electron chi connectivity index (χ0n) is 11.1. The van der Waals surface area contributed by atoms with Crippen molar-refractivity contribution in [2.24, 2.45) is 0 Å². The smallest absolute Gasteiger partial charge is 0.358 e. The summed E-state index contributed by atoms with van der Waals surface area (Å²) in [6.07, 6.45) is 0. The van der Waals surface area contributed by atoms with Crippen LogP contribution in [0.1, 0.15) is 21.6 Å².